The molecule has 0 aromatic heterocycles. The van der Waals surface area contributed by atoms with Gasteiger partial charge in [0, 0.05) is 32.1 Å². The van der Waals surface area contributed by atoms with Crippen LogP contribution in [0, 0.1) is 11.6 Å². The van der Waals surface area contributed by atoms with E-state index in [4.69, 9.17) is 4.74 Å². The van der Waals surface area contributed by atoms with Crippen LogP contribution in [0.3, 0.4) is 0 Å². The van der Waals surface area contributed by atoms with Crippen molar-refractivity contribution in [1.29, 1.82) is 0 Å². The van der Waals surface area contributed by atoms with Crippen molar-refractivity contribution < 1.29 is 27.9 Å². The van der Waals surface area contributed by atoms with E-state index in [1.54, 1.807) is 11.8 Å². The minimum atomic E-state index is -0.944. The van der Waals surface area contributed by atoms with E-state index in [2.05, 4.69) is 10.6 Å². The smallest absolute Gasteiger partial charge is 0.254 e. The van der Waals surface area contributed by atoms with Gasteiger partial charge in [-0.05, 0) is 25.5 Å². The van der Waals surface area contributed by atoms with E-state index < -0.39 is 23.6 Å². The second-order valence-electron chi connectivity index (χ2n) is 6.21. The molecule has 3 amide bonds. The first kappa shape index (κ1) is 20.8. The Hall–Kier alpha value is -2.55. The second kappa shape index (κ2) is 9.96. The molecule has 27 heavy (non-hydrogen) atoms. The van der Waals surface area contributed by atoms with Crippen molar-refractivity contribution in [2.45, 2.75) is 25.8 Å². The number of morpholine rings is 1. The third-order valence-corrected chi connectivity index (χ3v) is 4.11. The number of carbonyl (C=O) groups excluding carboxylic acids is 3. The summed E-state index contributed by atoms with van der Waals surface area (Å²) in [6.45, 7) is 3.75. The molecule has 0 spiro atoms. The molecule has 1 heterocycles. The predicted molar refractivity (Wildman–Crippen MR) is 92.9 cm³/mol. The standard InChI is InChI=1S/C18H23F2N3O4/c1-12(18(26)23-7-9-27-10-8-23)22-16(24)3-2-6-21-17(25)14-5-4-13(19)11-15(14)20/h4-5,11-12H,2-3,6-10H2,1H3,(H,21,25)(H,22,24). The Morgan fingerprint density at radius 3 is 2.59 bits per heavy atom. The van der Waals surface area contributed by atoms with Gasteiger partial charge in [-0.25, -0.2) is 8.78 Å². The fourth-order valence-corrected chi connectivity index (χ4v) is 2.65. The number of nitrogens with zero attached hydrogens (tertiary/aromatic N) is 1. The van der Waals surface area contributed by atoms with Crippen LogP contribution in [0.5, 0.6) is 0 Å². The average Bonchev–Trinajstić information content (AvgIpc) is 2.65. The Balaban J connectivity index is 1.68. The number of benzene rings is 1. The zero-order valence-electron chi connectivity index (χ0n) is 15.1. The number of halogens is 2. The van der Waals surface area contributed by atoms with Gasteiger partial charge in [0.25, 0.3) is 5.91 Å². The van der Waals surface area contributed by atoms with Crippen molar-refractivity contribution in [3.8, 4) is 0 Å². The molecule has 1 fully saturated rings. The summed E-state index contributed by atoms with van der Waals surface area (Å²) in [7, 11) is 0. The van der Waals surface area contributed by atoms with Gasteiger partial charge in [-0.2, -0.15) is 0 Å². The van der Waals surface area contributed by atoms with Crippen LogP contribution < -0.4 is 10.6 Å². The van der Waals surface area contributed by atoms with E-state index in [9.17, 15) is 23.2 Å². The highest BCUT2D eigenvalue weighted by Gasteiger charge is 2.23. The molecule has 1 aliphatic heterocycles. The lowest BCUT2D eigenvalue weighted by Crippen LogP contribution is -2.50. The molecule has 1 aromatic rings. The first-order valence-corrected chi connectivity index (χ1v) is 8.77. The molecule has 1 atom stereocenters. The summed E-state index contributed by atoms with van der Waals surface area (Å²) < 4.78 is 31.5. The second-order valence-corrected chi connectivity index (χ2v) is 6.21. The largest absolute Gasteiger partial charge is 0.378 e. The maximum absolute atomic E-state index is 13.5. The molecule has 1 aliphatic rings. The molecule has 0 saturated carbocycles. The molecule has 148 valence electrons. The van der Waals surface area contributed by atoms with Gasteiger partial charge in [0.1, 0.15) is 17.7 Å². The van der Waals surface area contributed by atoms with Crippen LogP contribution >= 0.6 is 0 Å². The minimum absolute atomic E-state index is 0.104. The van der Waals surface area contributed by atoms with Gasteiger partial charge >= 0.3 is 0 Å². The number of carbonyl (C=O) groups is 3. The third-order valence-electron chi connectivity index (χ3n) is 4.11. The number of ether oxygens (including phenoxy) is 1. The maximum atomic E-state index is 13.5. The monoisotopic (exact) mass is 383 g/mol. The SMILES string of the molecule is CC(NC(=O)CCCNC(=O)c1ccc(F)cc1F)C(=O)N1CCOCC1. The molecule has 0 bridgehead atoms. The quantitative estimate of drug-likeness (QED) is 0.683. The van der Waals surface area contributed by atoms with Crippen LogP contribution in [0.2, 0.25) is 0 Å². The van der Waals surface area contributed by atoms with E-state index in [0.717, 1.165) is 12.1 Å². The maximum Gasteiger partial charge on any atom is 0.254 e. The zero-order chi connectivity index (χ0) is 19.8. The lowest BCUT2D eigenvalue weighted by Gasteiger charge is -2.29. The Labute approximate surface area is 156 Å². The molecule has 2 rings (SSSR count). The molecule has 9 heteroatoms. The summed E-state index contributed by atoms with van der Waals surface area (Å²) in [6, 6.07) is 2.05. The van der Waals surface area contributed by atoms with Crippen LogP contribution in [0.15, 0.2) is 18.2 Å². The van der Waals surface area contributed by atoms with Gasteiger partial charge in [-0.3, -0.25) is 14.4 Å². The van der Waals surface area contributed by atoms with Crippen LogP contribution in [0.4, 0.5) is 8.78 Å². The van der Waals surface area contributed by atoms with Crippen LogP contribution in [0.25, 0.3) is 0 Å². The Morgan fingerprint density at radius 1 is 1.22 bits per heavy atom. The first-order chi connectivity index (χ1) is 12.9. The van der Waals surface area contributed by atoms with E-state index >= 15 is 0 Å². The van der Waals surface area contributed by atoms with Crippen molar-refractivity contribution in [2.24, 2.45) is 0 Å². The fraction of sp³-hybridized carbons (Fsp3) is 0.500. The molecule has 1 aromatic carbocycles. The molecule has 1 saturated heterocycles. The molecular weight excluding hydrogens is 360 g/mol. The number of hydrogen-bond donors (Lipinski definition) is 2. The summed E-state index contributed by atoms with van der Waals surface area (Å²) in [5.41, 5.74) is -0.259. The summed E-state index contributed by atoms with van der Waals surface area (Å²) in [6.07, 6.45) is 0.422. The van der Waals surface area contributed by atoms with Crippen molar-refractivity contribution in [1.82, 2.24) is 15.5 Å². The molecule has 0 radical (unpaired) electrons. The highest BCUT2D eigenvalue weighted by atomic mass is 19.1. The highest BCUT2D eigenvalue weighted by Crippen LogP contribution is 2.09. The van der Waals surface area contributed by atoms with Gasteiger partial charge < -0.3 is 20.3 Å². The van der Waals surface area contributed by atoms with Crippen LogP contribution in [0.1, 0.15) is 30.1 Å². The summed E-state index contributed by atoms with van der Waals surface area (Å²) in [4.78, 5) is 37.6. The molecule has 1 unspecified atom stereocenters. The van der Waals surface area contributed by atoms with Crippen LogP contribution in [-0.4, -0.2) is 61.5 Å². The van der Waals surface area contributed by atoms with E-state index in [-0.39, 0.29) is 30.3 Å². The molecule has 7 nitrogen and oxygen atoms in total. The van der Waals surface area contributed by atoms with Crippen molar-refractivity contribution in [3.05, 3.63) is 35.4 Å². The van der Waals surface area contributed by atoms with E-state index in [1.165, 1.54) is 0 Å². The molecule has 0 aliphatic carbocycles. The summed E-state index contributed by atoms with van der Waals surface area (Å²) in [5.74, 6) is -2.86. The predicted octanol–water partition coefficient (Wildman–Crippen LogP) is 0.838. The lowest BCUT2D eigenvalue weighted by atomic mass is 10.2. The van der Waals surface area contributed by atoms with Gasteiger partial charge in [-0.15, -0.1) is 0 Å². The Kier molecular flexibility index (Phi) is 7.66. The number of hydrogen-bond acceptors (Lipinski definition) is 4. The van der Waals surface area contributed by atoms with Crippen LogP contribution in [-0.2, 0) is 14.3 Å². The average molecular weight is 383 g/mol. The minimum Gasteiger partial charge on any atom is -0.378 e. The topological polar surface area (TPSA) is 87.7 Å². The van der Waals surface area contributed by atoms with Crippen molar-refractivity contribution >= 4 is 17.7 Å². The number of rotatable bonds is 7. The first-order valence-electron chi connectivity index (χ1n) is 8.77. The summed E-state index contributed by atoms with van der Waals surface area (Å²) in [5, 5.41) is 5.10. The van der Waals surface area contributed by atoms with Crippen molar-refractivity contribution in [3.63, 3.8) is 0 Å². The highest BCUT2D eigenvalue weighted by molar-refractivity contribution is 5.94. The third kappa shape index (κ3) is 6.28. The van der Waals surface area contributed by atoms with Crippen molar-refractivity contribution in [2.75, 3.05) is 32.8 Å². The molecule has 2 N–H and O–H groups in total. The van der Waals surface area contributed by atoms with E-state index in [1.807, 2.05) is 0 Å². The zero-order valence-corrected chi connectivity index (χ0v) is 15.1. The molecular formula is C18H23F2N3O4. The van der Waals surface area contributed by atoms with Gasteiger partial charge in [0.15, 0.2) is 0 Å². The lowest BCUT2D eigenvalue weighted by molar-refractivity contribution is -0.139. The van der Waals surface area contributed by atoms with Gasteiger partial charge in [-0.1, -0.05) is 0 Å². The Bertz CT molecular complexity index is 693. The Morgan fingerprint density at radius 2 is 1.93 bits per heavy atom. The summed E-state index contributed by atoms with van der Waals surface area (Å²) >= 11 is 0. The van der Waals surface area contributed by atoms with Gasteiger partial charge in [0.2, 0.25) is 11.8 Å². The van der Waals surface area contributed by atoms with E-state index in [0.29, 0.717) is 38.8 Å². The number of amides is 3. The van der Waals surface area contributed by atoms with Gasteiger partial charge in [0.05, 0.1) is 18.8 Å². The normalized spacial score (nSPS) is 15.1. The number of nitrogens with one attached hydrogen (secondary N) is 2. The fourth-order valence-electron chi connectivity index (χ4n) is 2.65.